The number of likely N-dealkylation sites (tertiary alicyclic amines) is 1. The number of aliphatic hydroxyl groups excluding tert-OH is 1. The summed E-state index contributed by atoms with van der Waals surface area (Å²) in [7, 11) is 0. The van der Waals surface area contributed by atoms with Crippen molar-refractivity contribution >= 4 is 23.2 Å². The molecule has 2 rings (SSSR count). The van der Waals surface area contributed by atoms with Crippen molar-refractivity contribution in [1.29, 1.82) is 0 Å². The molecule has 0 aromatic heterocycles. The number of benzene rings is 1. The first-order chi connectivity index (χ1) is 9.17. The molecule has 1 fully saturated rings. The molecule has 1 heterocycles. The Morgan fingerprint density at radius 1 is 1.26 bits per heavy atom. The van der Waals surface area contributed by atoms with Crippen molar-refractivity contribution in [2.45, 2.75) is 25.0 Å². The number of β-amino-alcohol motifs (C(OH)–C–C–N with tert-alkyl or cyclic N) is 1. The van der Waals surface area contributed by atoms with Gasteiger partial charge < -0.3 is 14.7 Å². The highest BCUT2D eigenvalue weighted by molar-refractivity contribution is 6.30. The number of alkyl halides is 1. The molecule has 1 aromatic rings. The van der Waals surface area contributed by atoms with Gasteiger partial charge in [0.15, 0.2) is 0 Å². The minimum Gasteiger partial charge on any atom is -0.490 e. The summed E-state index contributed by atoms with van der Waals surface area (Å²) in [5, 5.41) is 10.2. The van der Waals surface area contributed by atoms with Crippen LogP contribution in [0.2, 0.25) is 5.02 Å². The lowest BCUT2D eigenvalue weighted by Crippen LogP contribution is -2.42. The van der Waals surface area contributed by atoms with E-state index in [1.54, 1.807) is 0 Å². The Labute approximate surface area is 124 Å². The van der Waals surface area contributed by atoms with E-state index in [1.165, 1.54) is 0 Å². The van der Waals surface area contributed by atoms with Crippen molar-refractivity contribution in [3.63, 3.8) is 0 Å². The average Bonchev–Trinajstić information content (AvgIpc) is 2.43. The Bertz CT molecular complexity index is 378. The van der Waals surface area contributed by atoms with Gasteiger partial charge in [-0.3, -0.25) is 0 Å². The van der Waals surface area contributed by atoms with Crippen LogP contribution in [0.3, 0.4) is 0 Å². The minimum atomic E-state index is -0.435. The lowest BCUT2D eigenvalue weighted by molar-refractivity contribution is 0.0683. The van der Waals surface area contributed by atoms with E-state index in [9.17, 15) is 5.11 Å². The van der Waals surface area contributed by atoms with Crippen LogP contribution in [0.15, 0.2) is 24.3 Å². The van der Waals surface area contributed by atoms with Gasteiger partial charge in [0.05, 0.1) is 6.10 Å². The summed E-state index contributed by atoms with van der Waals surface area (Å²) < 4.78 is 5.92. The molecule has 3 nitrogen and oxygen atoms in total. The van der Waals surface area contributed by atoms with Crippen molar-refractivity contribution in [3.8, 4) is 5.75 Å². The maximum Gasteiger partial charge on any atom is 0.119 e. The summed E-state index contributed by atoms with van der Waals surface area (Å²) >= 11 is 11.4. The summed E-state index contributed by atoms with van der Waals surface area (Å²) in [6.07, 6.45) is 1.75. The van der Waals surface area contributed by atoms with E-state index < -0.39 is 6.10 Å². The van der Waals surface area contributed by atoms with Crippen LogP contribution in [0.1, 0.15) is 12.8 Å². The summed E-state index contributed by atoms with van der Waals surface area (Å²) in [6.45, 7) is 2.52. The highest BCUT2D eigenvalue weighted by atomic mass is 35.5. The molecule has 0 saturated carbocycles. The van der Waals surface area contributed by atoms with Gasteiger partial charge in [-0.1, -0.05) is 11.6 Å². The predicted molar refractivity (Wildman–Crippen MR) is 78.3 cm³/mol. The normalized spacial score (nSPS) is 19.3. The molecule has 106 valence electrons. The van der Waals surface area contributed by atoms with Gasteiger partial charge >= 0.3 is 0 Å². The monoisotopic (exact) mass is 303 g/mol. The van der Waals surface area contributed by atoms with Gasteiger partial charge in [0.25, 0.3) is 0 Å². The second kappa shape index (κ2) is 7.34. The Balaban J connectivity index is 1.75. The van der Waals surface area contributed by atoms with Gasteiger partial charge in [-0.25, -0.2) is 0 Å². The second-order valence-corrected chi connectivity index (χ2v) is 5.62. The molecule has 19 heavy (non-hydrogen) atoms. The molecule has 0 radical (unpaired) electrons. The fourth-order valence-electron chi connectivity index (χ4n) is 2.26. The summed E-state index contributed by atoms with van der Waals surface area (Å²) in [6, 6.07) is 7.46. The molecule has 0 spiro atoms. The first-order valence-corrected chi connectivity index (χ1v) is 7.47. The van der Waals surface area contributed by atoms with Crippen LogP contribution < -0.4 is 4.74 Å². The smallest absolute Gasteiger partial charge is 0.119 e. The zero-order valence-corrected chi connectivity index (χ0v) is 12.3. The van der Waals surface area contributed by atoms with Crippen molar-refractivity contribution in [1.82, 2.24) is 4.90 Å². The number of hydrogen-bond donors (Lipinski definition) is 1. The van der Waals surface area contributed by atoms with Crippen molar-refractivity contribution in [3.05, 3.63) is 29.3 Å². The Hall–Kier alpha value is -0.480. The van der Waals surface area contributed by atoms with E-state index in [0.717, 1.165) is 36.7 Å². The minimum absolute atomic E-state index is 0.241. The third-order valence-corrected chi connectivity index (χ3v) is 3.91. The van der Waals surface area contributed by atoms with Gasteiger partial charge in [-0.2, -0.15) is 0 Å². The molecule has 1 aromatic carbocycles. The lowest BCUT2D eigenvalue weighted by atomic mass is 10.1. The molecule has 5 heteroatoms. The Kier molecular flexibility index (Phi) is 5.76. The molecule has 1 aliphatic rings. The van der Waals surface area contributed by atoms with Gasteiger partial charge in [-0.15, -0.1) is 11.6 Å². The molecule has 1 aliphatic heterocycles. The fraction of sp³-hybridized carbons (Fsp3) is 0.571. The largest absolute Gasteiger partial charge is 0.490 e. The number of piperidine rings is 1. The summed E-state index contributed by atoms with van der Waals surface area (Å²) in [4.78, 5) is 2.23. The maximum atomic E-state index is 9.52. The molecule has 0 bridgehead atoms. The molecule has 1 saturated heterocycles. The summed E-state index contributed by atoms with van der Waals surface area (Å²) in [5.74, 6) is 1.16. The van der Waals surface area contributed by atoms with Crippen LogP contribution in [0.25, 0.3) is 0 Å². The molecular formula is C14H19Cl2NO2. The first kappa shape index (κ1) is 14.9. The topological polar surface area (TPSA) is 32.7 Å². The lowest BCUT2D eigenvalue weighted by Gasteiger charge is -2.33. The van der Waals surface area contributed by atoms with E-state index in [-0.39, 0.29) is 6.10 Å². The van der Waals surface area contributed by atoms with Crippen molar-refractivity contribution in [2.75, 3.05) is 25.5 Å². The van der Waals surface area contributed by atoms with E-state index in [1.807, 2.05) is 24.3 Å². The number of aliphatic hydroxyl groups is 1. The van der Waals surface area contributed by atoms with Crippen LogP contribution in [0, 0.1) is 0 Å². The van der Waals surface area contributed by atoms with Crippen LogP contribution in [-0.4, -0.2) is 47.7 Å². The SMILES string of the molecule is O[C@H](CCl)CN1CCC(Oc2ccc(Cl)cc2)CC1. The predicted octanol–water partition coefficient (Wildman–Crippen LogP) is 2.78. The fourth-order valence-corrected chi connectivity index (χ4v) is 2.49. The molecule has 0 aliphatic carbocycles. The van der Waals surface area contributed by atoms with Crippen LogP contribution in [-0.2, 0) is 0 Å². The van der Waals surface area contributed by atoms with Gasteiger partial charge in [-0.05, 0) is 37.1 Å². The summed E-state index contributed by atoms with van der Waals surface area (Å²) in [5.41, 5.74) is 0. The Morgan fingerprint density at radius 2 is 1.89 bits per heavy atom. The van der Waals surface area contributed by atoms with E-state index in [4.69, 9.17) is 27.9 Å². The quantitative estimate of drug-likeness (QED) is 0.849. The number of hydrogen-bond acceptors (Lipinski definition) is 3. The molecular weight excluding hydrogens is 285 g/mol. The van der Waals surface area contributed by atoms with E-state index in [2.05, 4.69) is 4.90 Å². The molecule has 1 atom stereocenters. The van der Waals surface area contributed by atoms with Gasteiger partial charge in [0, 0.05) is 30.5 Å². The molecule has 0 amide bonds. The van der Waals surface area contributed by atoms with E-state index in [0.29, 0.717) is 12.4 Å². The zero-order chi connectivity index (χ0) is 13.7. The van der Waals surface area contributed by atoms with Gasteiger partial charge in [0.1, 0.15) is 11.9 Å². The Morgan fingerprint density at radius 3 is 2.47 bits per heavy atom. The second-order valence-electron chi connectivity index (χ2n) is 4.88. The maximum absolute atomic E-state index is 9.52. The third kappa shape index (κ3) is 4.84. The molecule has 1 N–H and O–H groups in total. The first-order valence-electron chi connectivity index (χ1n) is 6.56. The third-order valence-electron chi connectivity index (χ3n) is 3.30. The standard InChI is InChI=1S/C14H19Cl2NO2/c15-9-12(18)10-17-7-5-14(6-8-17)19-13-3-1-11(16)2-4-13/h1-4,12,14,18H,5-10H2/t12-/m1/s1. The van der Waals surface area contributed by atoms with Crippen molar-refractivity contribution < 1.29 is 9.84 Å². The van der Waals surface area contributed by atoms with Crippen molar-refractivity contribution in [2.24, 2.45) is 0 Å². The van der Waals surface area contributed by atoms with Crippen LogP contribution >= 0.6 is 23.2 Å². The molecule has 0 unspecified atom stereocenters. The number of nitrogens with zero attached hydrogens (tertiary/aromatic N) is 1. The van der Waals surface area contributed by atoms with E-state index >= 15 is 0 Å². The highest BCUT2D eigenvalue weighted by Crippen LogP contribution is 2.21. The van der Waals surface area contributed by atoms with Crippen LogP contribution in [0.5, 0.6) is 5.75 Å². The number of halogens is 2. The number of rotatable bonds is 5. The zero-order valence-electron chi connectivity index (χ0n) is 10.8. The highest BCUT2D eigenvalue weighted by Gasteiger charge is 2.21. The number of ether oxygens (including phenoxy) is 1. The average molecular weight is 304 g/mol. The van der Waals surface area contributed by atoms with Crippen LogP contribution in [0.4, 0.5) is 0 Å². The van der Waals surface area contributed by atoms with Gasteiger partial charge in [0.2, 0.25) is 0 Å².